The molecule has 2 heterocycles. The van der Waals surface area contributed by atoms with Crippen molar-refractivity contribution in [3.8, 4) is 5.75 Å². The van der Waals surface area contributed by atoms with Gasteiger partial charge in [0.2, 0.25) is 0 Å². The second kappa shape index (κ2) is 9.43. The van der Waals surface area contributed by atoms with Gasteiger partial charge >= 0.3 is 0 Å². The minimum atomic E-state index is -0.228. The summed E-state index contributed by atoms with van der Waals surface area (Å²) in [6, 6.07) is 9.77. The van der Waals surface area contributed by atoms with Crippen molar-refractivity contribution in [2.24, 2.45) is 4.99 Å². The Balaban J connectivity index is 1.38. The highest BCUT2D eigenvalue weighted by Crippen LogP contribution is 2.16. The first-order valence-electron chi connectivity index (χ1n) is 9.32. The quantitative estimate of drug-likeness (QED) is 0.481. The number of rotatable bonds is 5. The molecule has 2 aliphatic heterocycles. The summed E-state index contributed by atoms with van der Waals surface area (Å²) in [6.45, 7) is 4.92. The van der Waals surface area contributed by atoms with Crippen LogP contribution in [0.1, 0.15) is 12.8 Å². The lowest BCUT2D eigenvalue weighted by Crippen LogP contribution is -2.55. The smallest absolute Gasteiger partial charge is 0.251 e. The van der Waals surface area contributed by atoms with Crippen molar-refractivity contribution in [2.45, 2.75) is 18.9 Å². The van der Waals surface area contributed by atoms with E-state index in [0.717, 1.165) is 37.6 Å². The number of ether oxygens (including phenoxy) is 2. The van der Waals surface area contributed by atoms with Gasteiger partial charge in [0.1, 0.15) is 18.5 Å². The number of amides is 1. The summed E-state index contributed by atoms with van der Waals surface area (Å²) >= 11 is 0. The van der Waals surface area contributed by atoms with Gasteiger partial charge in [0.05, 0.1) is 6.54 Å². The normalized spacial score (nSPS) is 21.0. The average Bonchev–Trinajstić information content (AvgIpc) is 3.23. The first-order chi connectivity index (χ1) is 12.8. The van der Waals surface area contributed by atoms with Crippen LogP contribution in [-0.4, -0.2) is 80.8 Å². The Morgan fingerprint density at radius 3 is 2.62 bits per heavy atom. The number of piperazine rings is 1. The maximum absolute atomic E-state index is 12.4. The number of para-hydroxylation sites is 1. The number of hydrogen-bond acceptors (Lipinski definition) is 4. The summed E-state index contributed by atoms with van der Waals surface area (Å²) in [5, 5.41) is 3.33. The van der Waals surface area contributed by atoms with Crippen molar-refractivity contribution in [3.63, 3.8) is 0 Å². The van der Waals surface area contributed by atoms with E-state index < -0.39 is 0 Å². The maximum atomic E-state index is 12.4. The fraction of sp³-hybridized carbons (Fsp3) is 0.579. The summed E-state index contributed by atoms with van der Waals surface area (Å²) in [4.78, 5) is 20.9. The van der Waals surface area contributed by atoms with Gasteiger partial charge in [-0.2, -0.15) is 0 Å². The predicted octanol–water partition coefficient (Wildman–Crippen LogP) is 0.964. The molecule has 7 heteroatoms. The van der Waals surface area contributed by atoms with E-state index in [2.05, 4.69) is 15.2 Å². The van der Waals surface area contributed by atoms with Crippen LogP contribution in [0.3, 0.4) is 0 Å². The maximum Gasteiger partial charge on any atom is 0.251 e. The predicted molar refractivity (Wildman–Crippen MR) is 100 cm³/mol. The molecular weight excluding hydrogens is 332 g/mol. The van der Waals surface area contributed by atoms with Crippen LogP contribution in [0.2, 0.25) is 0 Å². The molecule has 0 saturated carbocycles. The second-order valence-electron chi connectivity index (χ2n) is 6.45. The first-order valence-corrected chi connectivity index (χ1v) is 9.32. The summed E-state index contributed by atoms with van der Waals surface area (Å²) in [7, 11) is 1.78. The van der Waals surface area contributed by atoms with E-state index in [4.69, 9.17) is 9.47 Å². The molecule has 2 fully saturated rings. The van der Waals surface area contributed by atoms with Gasteiger partial charge in [-0.3, -0.25) is 9.79 Å². The molecule has 0 aliphatic carbocycles. The molecule has 7 nitrogen and oxygen atoms in total. The van der Waals surface area contributed by atoms with Gasteiger partial charge in [-0.25, -0.2) is 0 Å². The summed E-state index contributed by atoms with van der Waals surface area (Å²) in [5.41, 5.74) is 0. The van der Waals surface area contributed by atoms with E-state index in [0.29, 0.717) is 32.8 Å². The summed E-state index contributed by atoms with van der Waals surface area (Å²) < 4.78 is 11.2. The van der Waals surface area contributed by atoms with E-state index in [1.54, 1.807) is 7.05 Å². The van der Waals surface area contributed by atoms with Crippen molar-refractivity contribution in [3.05, 3.63) is 30.3 Å². The van der Waals surface area contributed by atoms with E-state index in [1.807, 2.05) is 35.2 Å². The Morgan fingerprint density at radius 2 is 1.96 bits per heavy atom. The lowest BCUT2D eigenvalue weighted by molar-refractivity contribution is -0.142. The Morgan fingerprint density at radius 1 is 1.23 bits per heavy atom. The Bertz CT molecular complexity index is 594. The van der Waals surface area contributed by atoms with E-state index in [-0.39, 0.29) is 12.0 Å². The molecule has 2 saturated heterocycles. The molecule has 2 aliphatic rings. The van der Waals surface area contributed by atoms with Gasteiger partial charge < -0.3 is 24.6 Å². The molecule has 1 aromatic rings. The largest absolute Gasteiger partial charge is 0.492 e. The number of guanidine groups is 1. The van der Waals surface area contributed by atoms with E-state index in [1.165, 1.54) is 0 Å². The van der Waals surface area contributed by atoms with Crippen LogP contribution in [0.5, 0.6) is 5.75 Å². The van der Waals surface area contributed by atoms with Crippen LogP contribution in [0.25, 0.3) is 0 Å². The monoisotopic (exact) mass is 360 g/mol. The van der Waals surface area contributed by atoms with Crippen LogP contribution in [0.15, 0.2) is 35.3 Å². The molecule has 0 aromatic heterocycles. The van der Waals surface area contributed by atoms with Crippen molar-refractivity contribution >= 4 is 11.9 Å². The van der Waals surface area contributed by atoms with Crippen molar-refractivity contribution in [1.82, 2.24) is 15.1 Å². The average molecular weight is 360 g/mol. The highest BCUT2D eigenvalue weighted by molar-refractivity contribution is 5.82. The first kappa shape index (κ1) is 18.5. The molecule has 1 N–H and O–H groups in total. The standard InChI is InChI=1S/C19H28N4O3/c1-20-19(21-9-15-25-16-6-3-2-4-7-16)23-12-10-22(11-13-23)18(24)17-8-5-14-26-17/h2-4,6-7,17H,5,8-15H2,1H3,(H,20,21). The van der Waals surface area contributed by atoms with Crippen molar-refractivity contribution in [1.29, 1.82) is 0 Å². The van der Waals surface area contributed by atoms with Gasteiger partial charge in [-0.1, -0.05) is 18.2 Å². The minimum Gasteiger partial charge on any atom is -0.492 e. The number of hydrogen-bond donors (Lipinski definition) is 1. The van der Waals surface area contributed by atoms with Crippen molar-refractivity contribution in [2.75, 3.05) is 53.0 Å². The Labute approximate surface area is 155 Å². The molecule has 1 amide bonds. The molecule has 0 bridgehead atoms. The highest BCUT2D eigenvalue weighted by atomic mass is 16.5. The fourth-order valence-corrected chi connectivity index (χ4v) is 3.30. The zero-order valence-electron chi connectivity index (χ0n) is 15.4. The SMILES string of the molecule is CN=C(NCCOc1ccccc1)N1CCN(C(=O)C2CCCO2)CC1. The summed E-state index contributed by atoms with van der Waals surface area (Å²) in [6.07, 6.45) is 1.61. The molecule has 1 aromatic carbocycles. The number of benzene rings is 1. The molecule has 0 spiro atoms. The van der Waals surface area contributed by atoms with Gasteiger partial charge in [0.25, 0.3) is 5.91 Å². The van der Waals surface area contributed by atoms with Gasteiger partial charge in [0.15, 0.2) is 5.96 Å². The zero-order chi connectivity index (χ0) is 18.2. The third-order valence-corrected chi connectivity index (χ3v) is 4.70. The molecule has 142 valence electrons. The molecule has 3 rings (SSSR count). The van der Waals surface area contributed by atoms with Gasteiger partial charge in [0, 0.05) is 39.8 Å². The lowest BCUT2D eigenvalue weighted by atomic mass is 10.2. The number of carbonyl (C=O) groups is 1. The Hall–Kier alpha value is -2.28. The number of aliphatic imine (C=N–C) groups is 1. The van der Waals surface area contributed by atoms with E-state index in [9.17, 15) is 4.79 Å². The van der Waals surface area contributed by atoms with Crippen LogP contribution < -0.4 is 10.1 Å². The molecule has 1 unspecified atom stereocenters. The zero-order valence-corrected chi connectivity index (χ0v) is 15.4. The van der Waals surface area contributed by atoms with Gasteiger partial charge in [-0.05, 0) is 25.0 Å². The topological polar surface area (TPSA) is 66.4 Å². The van der Waals surface area contributed by atoms with Crippen LogP contribution in [-0.2, 0) is 9.53 Å². The second-order valence-corrected chi connectivity index (χ2v) is 6.45. The summed E-state index contributed by atoms with van der Waals surface area (Å²) in [5.74, 6) is 1.86. The molecule has 26 heavy (non-hydrogen) atoms. The molecule has 1 atom stereocenters. The highest BCUT2D eigenvalue weighted by Gasteiger charge is 2.30. The number of nitrogens with one attached hydrogen (secondary N) is 1. The van der Waals surface area contributed by atoms with Crippen LogP contribution >= 0.6 is 0 Å². The van der Waals surface area contributed by atoms with Crippen molar-refractivity contribution < 1.29 is 14.3 Å². The van der Waals surface area contributed by atoms with Gasteiger partial charge in [-0.15, -0.1) is 0 Å². The lowest BCUT2D eigenvalue weighted by Gasteiger charge is -2.37. The third-order valence-electron chi connectivity index (χ3n) is 4.70. The Kier molecular flexibility index (Phi) is 6.71. The van der Waals surface area contributed by atoms with Crippen LogP contribution in [0, 0.1) is 0 Å². The number of nitrogens with zero attached hydrogens (tertiary/aromatic N) is 3. The molecule has 0 radical (unpaired) electrons. The third kappa shape index (κ3) is 4.88. The minimum absolute atomic E-state index is 0.140. The fourth-order valence-electron chi connectivity index (χ4n) is 3.30. The van der Waals surface area contributed by atoms with E-state index >= 15 is 0 Å². The number of carbonyl (C=O) groups excluding carboxylic acids is 1. The van der Waals surface area contributed by atoms with Crippen LogP contribution in [0.4, 0.5) is 0 Å². The molecular formula is C19H28N4O3.